The molecule has 2 rings (SSSR count). The van der Waals surface area contributed by atoms with E-state index in [9.17, 15) is 13.2 Å². The molecule has 0 fully saturated rings. The first kappa shape index (κ1) is 18.3. The fourth-order valence-corrected chi connectivity index (χ4v) is 3.13. The molecule has 0 aliphatic rings. The number of anilines is 2. The summed E-state index contributed by atoms with van der Waals surface area (Å²) in [4.78, 5) is 11.0. The predicted octanol–water partition coefficient (Wildman–Crippen LogP) is 3.38. The van der Waals surface area contributed by atoms with Gasteiger partial charge in [-0.25, -0.2) is 8.42 Å². The van der Waals surface area contributed by atoms with Crippen LogP contribution < -0.4 is 10.0 Å². The molecule has 0 spiro atoms. The molecule has 130 valence electrons. The summed E-state index contributed by atoms with van der Waals surface area (Å²) in [5, 5.41) is 6.34. The summed E-state index contributed by atoms with van der Waals surface area (Å²) in [6, 6.07) is 5.54. The van der Waals surface area contributed by atoms with E-state index >= 15 is 0 Å². The van der Waals surface area contributed by atoms with Gasteiger partial charge in [-0.2, -0.15) is 0 Å². The van der Waals surface area contributed by atoms with Crippen molar-refractivity contribution >= 4 is 39.0 Å². The molecule has 2 aromatic rings. The maximum atomic E-state index is 12.4. The molecule has 1 heterocycles. The molecule has 0 radical (unpaired) electrons. The molecule has 0 unspecified atom stereocenters. The molecule has 1 aromatic heterocycles. The van der Waals surface area contributed by atoms with E-state index in [0.717, 1.165) is 0 Å². The SMILES string of the molecule is CC(=O)Nc1ccc(S(=O)(=O)Nc2cc(C(C)(C)C)on2)cc1Cl. The lowest BCUT2D eigenvalue weighted by atomic mass is 9.93. The van der Waals surface area contributed by atoms with Crippen molar-refractivity contribution in [3.05, 3.63) is 35.0 Å². The summed E-state index contributed by atoms with van der Waals surface area (Å²) in [5.74, 6) is 0.337. The largest absolute Gasteiger partial charge is 0.359 e. The Morgan fingerprint density at radius 1 is 1.25 bits per heavy atom. The fourth-order valence-electron chi connectivity index (χ4n) is 1.83. The van der Waals surface area contributed by atoms with Gasteiger partial charge in [0.2, 0.25) is 5.91 Å². The number of rotatable bonds is 4. The molecule has 1 aromatic carbocycles. The van der Waals surface area contributed by atoms with Gasteiger partial charge in [-0.3, -0.25) is 9.52 Å². The van der Waals surface area contributed by atoms with E-state index in [-0.39, 0.29) is 27.1 Å². The van der Waals surface area contributed by atoms with E-state index in [1.54, 1.807) is 0 Å². The number of hydrogen-bond acceptors (Lipinski definition) is 5. The monoisotopic (exact) mass is 371 g/mol. The lowest BCUT2D eigenvalue weighted by molar-refractivity contribution is -0.114. The summed E-state index contributed by atoms with van der Waals surface area (Å²) in [6.07, 6.45) is 0. The molecule has 0 aliphatic heterocycles. The Balaban J connectivity index is 2.26. The first-order chi connectivity index (χ1) is 11.0. The Hall–Kier alpha value is -2.06. The average molecular weight is 372 g/mol. The summed E-state index contributed by atoms with van der Waals surface area (Å²) >= 11 is 6.01. The predicted molar refractivity (Wildman–Crippen MR) is 91.8 cm³/mol. The molecular weight excluding hydrogens is 354 g/mol. The van der Waals surface area contributed by atoms with Gasteiger partial charge in [0.25, 0.3) is 10.0 Å². The minimum absolute atomic E-state index is 0.0538. The molecule has 0 bridgehead atoms. The second kappa shape index (κ2) is 6.45. The van der Waals surface area contributed by atoms with Crippen molar-refractivity contribution in [2.45, 2.75) is 38.0 Å². The molecule has 0 saturated carbocycles. The number of carbonyl (C=O) groups is 1. The number of nitrogens with one attached hydrogen (secondary N) is 2. The minimum Gasteiger partial charge on any atom is -0.359 e. The molecule has 24 heavy (non-hydrogen) atoms. The second-order valence-electron chi connectivity index (χ2n) is 6.25. The highest BCUT2D eigenvalue weighted by Gasteiger charge is 2.23. The van der Waals surface area contributed by atoms with Crippen LogP contribution in [0.2, 0.25) is 5.02 Å². The molecule has 1 amide bonds. The number of nitrogens with zero attached hydrogens (tertiary/aromatic N) is 1. The molecule has 7 nitrogen and oxygen atoms in total. The van der Waals surface area contributed by atoms with Crippen LogP contribution in [0.15, 0.2) is 33.7 Å². The Kier molecular flexibility index (Phi) is 4.91. The van der Waals surface area contributed by atoms with Gasteiger partial charge in [-0.1, -0.05) is 37.5 Å². The molecule has 0 atom stereocenters. The minimum atomic E-state index is -3.88. The molecule has 0 aliphatic carbocycles. The average Bonchev–Trinajstić information content (AvgIpc) is 2.88. The van der Waals surface area contributed by atoms with Gasteiger partial charge < -0.3 is 9.84 Å². The van der Waals surface area contributed by atoms with Gasteiger partial charge in [-0.05, 0) is 18.2 Å². The fraction of sp³-hybridized carbons (Fsp3) is 0.333. The zero-order valence-corrected chi connectivity index (χ0v) is 15.2. The van der Waals surface area contributed by atoms with Crippen LogP contribution in [0.4, 0.5) is 11.5 Å². The standard InChI is InChI=1S/C15H18ClN3O4S/c1-9(20)17-12-6-5-10(7-11(12)16)24(21,22)19-14-8-13(23-18-14)15(2,3)4/h5-8H,1-4H3,(H,17,20)(H,18,19). The number of hydrogen-bond donors (Lipinski definition) is 2. The van der Waals surface area contributed by atoms with Crippen LogP contribution in [-0.2, 0) is 20.2 Å². The van der Waals surface area contributed by atoms with Crippen molar-refractivity contribution in [2.24, 2.45) is 0 Å². The van der Waals surface area contributed by atoms with E-state index in [1.807, 2.05) is 20.8 Å². The van der Waals surface area contributed by atoms with Crippen molar-refractivity contribution in [2.75, 3.05) is 10.0 Å². The number of carbonyl (C=O) groups excluding carboxylic acids is 1. The quantitative estimate of drug-likeness (QED) is 0.857. The van der Waals surface area contributed by atoms with E-state index in [1.165, 1.54) is 31.2 Å². The number of benzene rings is 1. The first-order valence-corrected chi connectivity index (χ1v) is 8.92. The maximum Gasteiger partial charge on any atom is 0.263 e. The Bertz CT molecular complexity index is 869. The third kappa shape index (κ3) is 4.27. The summed E-state index contributed by atoms with van der Waals surface area (Å²) < 4.78 is 32.3. The van der Waals surface area contributed by atoms with Gasteiger partial charge in [0.15, 0.2) is 5.82 Å². The smallest absolute Gasteiger partial charge is 0.263 e. The van der Waals surface area contributed by atoms with Crippen LogP contribution >= 0.6 is 11.6 Å². The highest BCUT2D eigenvalue weighted by molar-refractivity contribution is 7.92. The lowest BCUT2D eigenvalue weighted by Crippen LogP contribution is -2.14. The van der Waals surface area contributed by atoms with Gasteiger partial charge in [0.1, 0.15) is 5.76 Å². The Morgan fingerprint density at radius 3 is 2.42 bits per heavy atom. The number of halogens is 1. The van der Waals surface area contributed by atoms with Crippen molar-refractivity contribution in [3.8, 4) is 0 Å². The highest BCUT2D eigenvalue weighted by atomic mass is 35.5. The van der Waals surface area contributed by atoms with Crippen molar-refractivity contribution in [3.63, 3.8) is 0 Å². The summed E-state index contributed by atoms with van der Waals surface area (Å²) in [7, 11) is -3.88. The highest BCUT2D eigenvalue weighted by Crippen LogP contribution is 2.28. The molecule has 0 saturated heterocycles. The molecule has 2 N–H and O–H groups in total. The number of aromatic nitrogens is 1. The van der Waals surface area contributed by atoms with Crippen LogP contribution in [0.3, 0.4) is 0 Å². The first-order valence-electron chi connectivity index (χ1n) is 7.06. The third-order valence-electron chi connectivity index (χ3n) is 3.05. The van der Waals surface area contributed by atoms with Crippen LogP contribution in [0.25, 0.3) is 0 Å². The zero-order chi connectivity index (χ0) is 18.1. The van der Waals surface area contributed by atoms with Crippen molar-refractivity contribution < 1.29 is 17.7 Å². The normalized spacial score (nSPS) is 12.0. The van der Waals surface area contributed by atoms with Gasteiger partial charge in [-0.15, -0.1) is 0 Å². The maximum absolute atomic E-state index is 12.4. The van der Waals surface area contributed by atoms with E-state index in [4.69, 9.17) is 16.1 Å². The Morgan fingerprint density at radius 2 is 1.92 bits per heavy atom. The van der Waals surface area contributed by atoms with Crippen LogP contribution in [0.1, 0.15) is 33.5 Å². The number of sulfonamides is 1. The second-order valence-corrected chi connectivity index (χ2v) is 8.34. The van der Waals surface area contributed by atoms with E-state index < -0.39 is 10.0 Å². The van der Waals surface area contributed by atoms with Gasteiger partial charge in [0, 0.05) is 18.4 Å². The van der Waals surface area contributed by atoms with Crippen molar-refractivity contribution in [1.82, 2.24) is 5.16 Å². The number of amides is 1. The topological polar surface area (TPSA) is 101 Å². The van der Waals surface area contributed by atoms with E-state index in [0.29, 0.717) is 11.4 Å². The molecule has 9 heteroatoms. The van der Waals surface area contributed by atoms with E-state index in [2.05, 4.69) is 15.2 Å². The van der Waals surface area contributed by atoms with Crippen LogP contribution in [0, 0.1) is 0 Å². The van der Waals surface area contributed by atoms with Gasteiger partial charge in [0.05, 0.1) is 15.6 Å². The lowest BCUT2D eigenvalue weighted by Gasteiger charge is -2.12. The zero-order valence-electron chi connectivity index (χ0n) is 13.7. The summed E-state index contributed by atoms with van der Waals surface area (Å²) in [5.41, 5.74) is 0.0413. The third-order valence-corrected chi connectivity index (χ3v) is 4.71. The van der Waals surface area contributed by atoms with Crippen molar-refractivity contribution in [1.29, 1.82) is 0 Å². The van der Waals surface area contributed by atoms with Crippen LogP contribution in [0.5, 0.6) is 0 Å². The van der Waals surface area contributed by atoms with Gasteiger partial charge >= 0.3 is 0 Å². The summed E-state index contributed by atoms with van der Waals surface area (Å²) in [6.45, 7) is 7.10. The molecular formula is C15H18ClN3O4S. The Labute approximate surface area is 145 Å². The van der Waals surface area contributed by atoms with Crippen LogP contribution in [-0.4, -0.2) is 19.5 Å².